The van der Waals surface area contributed by atoms with Crippen molar-refractivity contribution in [1.82, 2.24) is 9.88 Å². The summed E-state index contributed by atoms with van der Waals surface area (Å²) in [5, 5.41) is 2.72. The van der Waals surface area contributed by atoms with E-state index in [1.165, 1.54) is 6.92 Å². The van der Waals surface area contributed by atoms with Crippen LogP contribution in [0.15, 0.2) is 24.5 Å². The third kappa shape index (κ3) is 11.3. The molecule has 126 valence electrons. The molecule has 1 amide bonds. The summed E-state index contributed by atoms with van der Waals surface area (Å²) in [6, 6.07) is 4.05. The minimum atomic E-state index is -0.00306. The molecule has 0 saturated carbocycles. The number of carbonyl (C=O) groups is 1. The summed E-state index contributed by atoms with van der Waals surface area (Å²) in [5.41, 5.74) is 0. The maximum atomic E-state index is 10.6. The number of ether oxygens (including phenoxy) is 3. The van der Waals surface area contributed by atoms with Gasteiger partial charge in [0.25, 0.3) is 0 Å². The molecule has 0 aliphatic heterocycles. The zero-order valence-corrected chi connectivity index (χ0v) is 13.5. The second-order valence-electron chi connectivity index (χ2n) is 4.95. The largest absolute Gasteiger partial charge is 0.379 e. The first-order valence-electron chi connectivity index (χ1n) is 7.87. The number of hydrogen-bond donors (Lipinski definition) is 1. The molecule has 1 aromatic heterocycles. The van der Waals surface area contributed by atoms with Crippen LogP contribution in [0.3, 0.4) is 0 Å². The van der Waals surface area contributed by atoms with Crippen LogP contribution >= 0.6 is 0 Å². The van der Waals surface area contributed by atoms with Crippen molar-refractivity contribution in [2.24, 2.45) is 0 Å². The van der Waals surface area contributed by atoms with Gasteiger partial charge in [0.15, 0.2) is 0 Å². The van der Waals surface area contributed by atoms with Gasteiger partial charge in [0, 0.05) is 45.6 Å². The normalized spacial score (nSPS) is 10.8. The molecular formula is C16H28N2O4. The van der Waals surface area contributed by atoms with Gasteiger partial charge in [-0.05, 0) is 25.0 Å². The summed E-state index contributed by atoms with van der Waals surface area (Å²) in [7, 11) is 0. The summed E-state index contributed by atoms with van der Waals surface area (Å²) < 4.78 is 18.4. The summed E-state index contributed by atoms with van der Waals surface area (Å²) >= 11 is 0. The van der Waals surface area contributed by atoms with Crippen LogP contribution in [0.25, 0.3) is 0 Å². The number of carbonyl (C=O) groups excluding carboxylic acids is 1. The van der Waals surface area contributed by atoms with Gasteiger partial charge in [-0.3, -0.25) is 4.79 Å². The average Bonchev–Trinajstić information content (AvgIpc) is 3.00. The van der Waals surface area contributed by atoms with E-state index in [1.807, 2.05) is 12.1 Å². The Morgan fingerprint density at radius 3 is 2.05 bits per heavy atom. The third-order valence-electron chi connectivity index (χ3n) is 2.95. The topological polar surface area (TPSA) is 61.7 Å². The average molecular weight is 312 g/mol. The Morgan fingerprint density at radius 1 is 0.909 bits per heavy atom. The standard InChI is InChI=1S/C16H28N2O4/c1-16(19)17-6-4-10-20-12-14-22-15-13-21-11-5-9-18-7-2-3-8-18/h2-3,7-8H,4-6,9-15H2,1H3,(H,17,19). The van der Waals surface area contributed by atoms with E-state index < -0.39 is 0 Å². The van der Waals surface area contributed by atoms with Crippen LogP contribution < -0.4 is 5.32 Å². The van der Waals surface area contributed by atoms with E-state index in [2.05, 4.69) is 22.3 Å². The van der Waals surface area contributed by atoms with Crippen LogP contribution in [0.2, 0.25) is 0 Å². The molecule has 1 N–H and O–H groups in total. The van der Waals surface area contributed by atoms with Gasteiger partial charge in [0.1, 0.15) is 0 Å². The summed E-state index contributed by atoms with van der Waals surface area (Å²) in [5.74, 6) is -0.00306. The Balaban J connectivity index is 1.70. The Morgan fingerprint density at radius 2 is 1.45 bits per heavy atom. The highest BCUT2D eigenvalue weighted by Gasteiger charge is 1.94. The maximum Gasteiger partial charge on any atom is 0.216 e. The Hall–Kier alpha value is -1.37. The molecule has 0 unspecified atom stereocenters. The number of amides is 1. The van der Waals surface area contributed by atoms with E-state index in [0.717, 1.165) is 26.0 Å². The number of nitrogens with one attached hydrogen (secondary N) is 1. The van der Waals surface area contributed by atoms with E-state index in [1.54, 1.807) is 0 Å². The van der Waals surface area contributed by atoms with E-state index in [9.17, 15) is 4.79 Å². The van der Waals surface area contributed by atoms with Crippen LogP contribution in [0.5, 0.6) is 0 Å². The molecule has 0 aliphatic rings. The number of aromatic nitrogens is 1. The van der Waals surface area contributed by atoms with Crippen LogP contribution in [-0.2, 0) is 25.5 Å². The first kappa shape index (κ1) is 18.7. The SMILES string of the molecule is CC(=O)NCCCOCCOCCOCCCn1cccc1. The molecule has 0 bridgehead atoms. The predicted molar refractivity (Wildman–Crippen MR) is 84.8 cm³/mol. The van der Waals surface area contributed by atoms with E-state index in [4.69, 9.17) is 14.2 Å². The van der Waals surface area contributed by atoms with Gasteiger partial charge in [-0.15, -0.1) is 0 Å². The zero-order chi connectivity index (χ0) is 15.9. The van der Waals surface area contributed by atoms with Crippen LogP contribution in [0.4, 0.5) is 0 Å². The molecule has 6 nitrogen and oxygen atoms in total. The fourth-order valence-corrected chi connectivity index (χ4v) is 1.85. The maximum absolute atomic E-state index is 10.6. The molecular weight excluding hydrogens is 284 g/mol. The van der Waals surface area contributed by atoms with Crippen molar-refractivity contribution >= 4 is 5.91 Å². The molecule has 0 saturated heterocycles. The van der Waals surface area contributed by atoms with Crippen LogP contribution in [0, 0.1) is 0 Å². The first-order chi connectivity index (χ1) is 10.8. The Bertz CT molecular complexity index is 368. The molecule has 0 aromatic carbocycles. The van der Waals surface area contributed by atoms with Crippen molar-refractivity contribution < 1.29 is 19.0 Å². The highest BCUT2D eigenvalue weighted by atomic mass is 16.5. The lowest BCUT2D eigenvalue weighted by Gasteiger charge is -2.07. The van der Waals surface area contributed by atoms with E-state index in [0.29, 0.717) is 39.6 Å². The van der Waals surface area contributed by atoms with Crippen molar-refractivity contribution in [3.05, 3.63) is 24.5 Å². The Kier molecular flexibility index (Phi) is 11.3. The number of nitrogens with zero attached hydrogens (tertiary/aromatic N) is 1. The lowest BCUT2D eigenvalue weighted by molar-refractivity contribution is -0.119. The van der Waals surface area contributed by atoms with E-state index >= 15 is 0 Å². The monoisotopic (exact) mass is 312 g/mol. The second-order valence-corrected chi connectivity index (χ2v) is 4.95. The highest BCUT2D eigenvalue weighted by Crippen LogP contribution is 1.93. The van der Waals surface area contributed by atoms with Crippen molar-refractivity contribution in [2.45, 2.75) is 26.3 Å². The van der Waals surface area contributed by atoms with E-state index in [-0.39, 0.29) is 5.91 Å². The predicted octanol–water partition coefficient (Wildman–Crippen LogP) is 1.45. The fraction of sp³-hybridized carbons (Fsp3) is 0.688. The molecule has 0 aliphatic carbocycles. The van der Waals surface area contributed by atoms with Gasteiger partial charge in [0.2, 0.25) is 5.91 Å². The van der Waals surface area contributed by atoms with Crippen molar-refractivity contribution in [3.63, 3.8) is 0 Å². The molecule has 1 aromatic rings. The number of rotatable bonds is 14. The molecule has 0 spiro atoms. The molecule has 0 atom stereocenters. The molecule has 0 radical (unpaired) electrons. The molecule has 1 heterocycles. The third-order valence-corrected chi connectivity index (χ3v) is 2.95. The van der Waals surface area contributed by atoms with Gasteiger partial charge >= 0.3 is 0 Å². The van der Waals surface area contributed by atoms with Gasteiger partial charge in [-0.1, -0.05) is 0 Å². The lowest BCUT2D eigenvalue weighted by Crippen LogP contribution is -2.22. The minimum Gasteiger partial charge on any atom is -0.379 e. The molecule has 1 rings (SSSR count). The zero-order valence-electron chi connectivity index (χ0n) is 13.5. The van der Waals surface area contributed by atoms with Crippen molar-refractivity contribution in [3.8, 4) is 0 Å². The summed E-state index contributed by atoms with van der Waals surface area (Å²) in [4.78, 5) is 10.6. The summed E-state index contributed by atoms with van der Waals surface area (Å²) in [6.07, 6.45) is 5.94. The molecule has 6 heteroatoms. The van der Waals surface area contributed by atoms with Crippen molar-refractivity contribution in [2.75, 3.05) is 46.2 Å². The number of hydrogen-bond acceptors (Lipinski definition) is 4. The van der Waals surface area contributed by atoms with Gasteiger partial charge in [-0.25, -0.2) is 0 Å². The molecule has 0 fully saturated rings. The molecule has 22 heavy (non-hydrogen) atoms. The summed E-state index contributed by atoms with van der Waals surface area (Å²) in [6.45, 7) is 6.92. The van der Waals surface area contributed by atoms with Crippen molar-refractivity contribution in [1.29, 1.82) is 0 Å². The fourth-order valence-electron chi connectivity index (χ4n) is 1.85. The van der Waals surface area contributed by atoms with Crippen LogP contribution in [-0.4, -0.2) is 56.7 Å². The second kappa shape index (κ2) is 13.3. The highest BCUT2D eigenvalue weighted by molar-refractivity contribution is 5.72. The minimum absolute atomic E-state index is 0.00306. The quantitative estimate of drug-likeness (QED) is 0.528. The lowest BCUT2D eigenvalue weighted by atomic mass is 10.4. The Labute approximate surface area is 132 Å². The van der Waals surface area contributed by atoms with Gasteiger partial charge in [0.05, 0.1) is 26.4 Å². The van der Waals surface area contributed by atoms with Crippen LogP contribution in [0.1, 0.15) is 19.8 Å². The van der Waals surface area contributed by atoms with Gasteiger partial charge in [-0.2, -0.15) is 0 Å². The number of aryl methyl sites for hydroxylation is 1. The smallest absolute Gasteiger partial charge is 0.216 e. The van der Waals surface area contributed by atoms with Gasteiger partial charge < -0.3 is 24.1 Å². The first-order valence-corrected chi connectivity index (χ1v) is 7.87.